The fourth-order valence-electron chi connectivity index (χ4n) is 2.01. The maximum absolute atomic E-state index is 13.1. The van der Waals surface area contributed by atoms with E-state index in [0.29, 0.717) is 25.6 Å². The molecule has 0 bridgehead atoms. The van der Waals surface area contributed by atoms with E-state index in [1.807, 2.05) is 0 Å². The first kappa shape index (κ1) is 13.4. The maximum atomic E-state index is 13.1. The number of hydrogen-bond donors (Lipinski definition) is 1. The van der Waals surface area contributed by atoms with Gasteiger partial charge in [-0.25, -0.2) is 17.2 Å². The standard InChI is InChI=1S/C11H14F2N2O2S/c1-14-10-2-3-15(7-10)18(16,17)11-5-8(12)4-9(13)6-11/h4-6,10,14H,2-3,7H2,1H3. The fraction of sp³-hybridized carbons (Fsp3) is 0.455. The lowest BCUT2D eigenvalue weighted by Gasteiger charge is -2.16. The van der Waals surface area contributed by atoms with Gasteiger partial charge in [0.25, 0.3) is 0 Å². The molecule has 4 nitrogen and oxygen atoms in total. The van der Waals surface area contributed by atoms with Crippen molar-refractivity contribution in [3.63, 3.8) is 0 Å². The quantitative estimate of drug-likeness (QED) is 0.894. The van der Waals surface area contributed by atoms with Crippen LogP contribution in [0.2, 0.25) is 0 Å². The molecule has 1 heterocycles. The van der Waals surface area contributed by atoms with Crippen molar-refractivity contribution in [2.24, 2.45) is 0 Å². The average molecular weight is 276 g/mol. The van der Waals surface area contributed by atoms with E-state index in [2.05, 4.69) is 5.32 Å². The molecule has 1 N–H and O–H groups in total. The number of benzene rings is 1. The minimum absolute atomic E-state index is 0.0816. The van der Waals surface area contributed by atoms with Gasteiger partial charge in [0.15, 0.2) is 0 Å². The molecule has 1 fully saturated rings. The summed E-state index contributed by atoms with van der Waals surface area (Å²) in [7, 11) is -2.06. The summed E-state index contributed by atoms with van der Waals surface area (Å²) in [4.78, 5) is -0.336. The van der Waals surface area contributed by atoms with Crippen LogP contribution in [0.3, 0.4) is 0 Å². The zero-order valence-electron chi connectivity index (χ0n) is 9.86. The lowest BCUT2D eigenvalue weighted by molar-refractivity contribution is 0.462. The van der Waals surface area contributed by atoms with Gasteiger partial charge in [0.05, 0.1) is 4.90 Å². The lowest BCUT2D eigenvalue weighted by atomic mass is 10.3. The number of halogens is 2. The largest absolute Gasteiger partial charge is 0.316 e. The summed E-state index contributed by atoms with van der Waals surface area (Å²) < 4.78 is 51.7. The van der Waals surface area contributed by atoms with E-state index in [4.69, 9.17) is 0 Å². The Labute approximate surface area is 105 Å². The van der Waals surface area contributed by atoms with Crippen molar-refractivity contribution in [1.82, 2.24) is 9.62 Å². The minimum Gasteiger partial charge on any atom is -0.316 e. The molecule has 0 spiro atoms. The van der Waals surface area contributed by atoms with Crippen molar-refractivity contribution >= 4 is 10.0 Å². The molecule has 2 rings (SSSR count). The van der Waals surface area contributed by atoms with Gasteiger partial charge in [0, 0.05) is 25.2 Å². The second-order valence-corrected chi connectivity index (χ2v) is 6.18. The highest BCUT2D eigenvalue weighted by molar-refractivity contribution is 7.89. The van der Waals surface area contributed by atoms with Crippen molar-refractivity contribution < 1.29 is 17.2 Å². The number of likely N-dealkylation sites (N-methyl/N-ethyl adjacent to an activating group) is 1. The monoisotopic (exact) mass is 276 g/mol. The van der Waals surface area contributed by atoms with Gasteiger partial charge >= 0.3 is 0 Å². The topological polar surface area (TPSA) is 49.4 Å². The molecule has 1 saturated heterocycles. The summed E-state index contributed by atoms with van der Waals surface area (Å²) in [5, 5.41) is 2.99. The molecule has 7 heteroatoms. The summed E-state index contributed by atoms with van der Waals surface area (Å²) in [5.41, 5.74) is 0. The molecule has 0 amide bonds. The Bertz CT molecular complexity index is 528. The zero-order chi connectivity index (χ0) is 13.3. The van der Waals surface area contributed by atoms with E-state index in [0.717, 1.165) is 12.1 Å². The van der Waals surface area contributed by atoms with Gasteiger partial charge in [-0.2, -0.15) is 4.31 Å². The van der Waals surface area contributed by atoms with Crippen molar-refractivity contribution in [3.8, 4) is 0 Å². The summed E-state index contributed by atoms with van der Waals surface area (Å²) in [6, 6.07) is 2.41. The van der Waals surface area contributed by atoms with Gasteiger partial charge in [0.1, 0.15) is 11.6 Å². The molecule has 1 aromatic rings. The van der Waals surface area contributed by atoms with Gasteiger partial charge in [-0.3, -0.25) is 0 Å². The molecule has 0 aromatic heterocycles. The van der Waals surface area contributed by atoms with Gasteiger partial charge < -0.3 is 5.32 Å². The molecule has 1 aromatic carbocycles. The van der Waals surface area contributed by atoms with Crippen LogP contribution in [0.1, 0.15) is 6.42 Å². The Kier molecular flexibility index (Phi) is 3.65. The van der Waals surface area contributed by atoms with Gasteiger partial charge in [-0.1, -0.05) is 0 Å². The third-order valence-electron chi connectivity index (χ3n) is 3.03. The predicted octanol–water partition coefficient (Wildman–Crippen LogP) is 0.947. The number of nitrogens with one attached hydrogen (secondary N) is 1. The Hall–Kier alpha value is -1.05. The highest BCUT2D eigenvalue weighted by Gasteiger charge is 2.32. The second kappa shape index (κ2) is 4.91. The molecular weight excluding hydrogens is 262 g/mol. The number of nitrogens with zero attached hydrogens (tertiary/aromatic N) is 1. The number of sulfonamides is 1. The molecule has 1 atom stereocenters. The Morgan fingerprint density at radius 2 is 1.89 bits per heavy atom. The highest BCUT2D eigenvalue weighted by atomic mass is 32.2. The van der Waals surface area contributed by atoms with E-state index < -0.39 is 21.7 Å². The Balaban J connectivity index is 2.31. The lowest BCUT2D eigenvalue weighted by Crippen LogP contribution is -2.33. The van der Waals surface area contributed by atoms with Crippen molar-refractivity contribution in [3.05, 3.63) is 29.8 Å². The molecular formula is C11H14F2N2O2S. The second-order valence-electron chi connectivity index (χ2n) is 4.24. The third kappa shape index (κ3) is 2.52. The molecule has 1 unspecified atom stereocenters. The van der Waals surface area contributed by atoms with E-state index in [1.165, 1.54) is 4.31 Å². The van der Waals surface area contributed by atoms with E-state index >= 15 is 0 Å². The van der Waals surface area contributed by atoms with Gasteiger partial charge in [0.2, 0.25) is 10.0 Å². The summed E-state index contributed by atoms with van der Waals surface area (Å²) in [6.45, 7) is 0.670. The summed E-state index contributed by atoms with van der Waals surface area (Å²) >= 11 is 0. The molecule has 1 aliphatic heterocycles. The van der Waals surface area contributed by atoms with Crippen LogP contribution in [0.25, 0.3) is 0 Å². The first-order valence-electron chi connectivity index (χ1n) is 5.57. The number of rotatable bonds is 3. The molecule has 18 heavy (non-hydrogen) atoms. The van der Waals surface area contributed by atoms with E-state index in [1.54, 1.807) is 7.05 Å². The molecule has 0 aliphatic carbocycles. The SMILES string of the molecule is CNC1CCN(S(=O)(=O)c2cc(F)cc(F)c2)C1. The predicted molar refractivity (Wildman–Crippen MR) is 62.6 cm³/mol. The Morgan fingerprint density at radius 1 is 1.28 bits per heavy atom. The van der Waals surface area contributed by atoms with Crippen LogP contribution in [-0.2, 0) is 10.0 Å². The molecule has 0 saturated carbocycles. The van der Waals surface area contributed by atoms with Crippen LogP contribution < -0.4 is 5.32 Å². The van der Waals surface area contributed by atoms with Crippen LogP contribution >= 0.6 is 0 Å². The first-order chi connectivity index (χ1) is 8.43. The maximum Gasteiger partial charge on any atom is 0.243 e. The van der Waals surface area contributed by atoms with Gasteiger partial charge in [-0.15, -0.1) is 0 Å². The summed E-state index contributed by atoms with van der Waals surface area (Å²) in [6.07, 6.45) is 0.688. The fourth-order valence-corrected chi connectivity index (χ4v) is 3.55. The van der Waals surface area contributed by atoms with Crippen LogP contribution in [0.5, 0.6) is 0 Å². The number of hydrogen-bond acceptors (Lipinski definition) is 3. The van der Waals surface area contributed by atoms with Gasteiger partial charge in [-0.05, 0) is 25.6 Å². The molecule has 100 valence electrons. The smallest absolute Gasteiger partial charge is 0.243 e. The molecule has 0 radical (unpaired) electrons. The third-order valence-corrected chi connectivity index (χ3v) is 4.88. The normalized spacial score (nSPS) is 21.4. The van der Waals surface area contributed by atoms with Crippen molar-refractivity contribution in [2.75, 3.05) is 20.1 Å². The summed E-state index contributed by atoms with van der Waals surface area (Å²) in [5.74, 6) is -1.78. The molecule has 1 aliphatic rings. The highest BCUT2D eigenvalue weighted by Crippen LogP contribution is 2.22. The zero-order valence-corrected chi connectivity index (χ0v) is 10.7. The van der Waals surface area contributed by atoms with E-state index in [-0.39, 0.29) is 10.9 Å². The van der Waals surface area contributed by atoms with Crippen LogP contribution in [0, 0.1) is 11.6 Å². The van der Waals surface area contributed by atoms with Crippen LogP contribution in [-0.4, -0.2) is 38.9 Å². The van der Waals surface area contributed by atoms with E-state index in [9.17, 15) is 17.2 Å². The van der Waals surface area contributed by atoms with Crippen LogP contribution in [0.15, 0.2) is 23.1 Å². The minimum atomic E-state index is -3.81. The van der Waals surface area contributed by atoms with Crippen LogP contribution in [0.4, 0.5) is 8.78 Å². The van der Waals surface area contributed by atoms with Crippen molar-refractivity contribution in [2.45, 2.75) is 17.4 Å². The average Bonchev–Trinajstić information content (AvgIpc) is 2.76. The first-order valence-corrected chi connectivity index (χ1v) is 7.01. The van der Waals surface area contributed by atoms with Crippen molar-refractivity contribution in [1.29, 1.82) is 0 Å². The Morgan fingerprint density at radius 3 is 2.39 bits per heavy atom.